The van der Waals surface area contributed by atoms with Crippen LogP contribution in [0.5, 0.6) is 5.75 Å². The summed E-state index contributed by atoms with van der Waals surface area (Å²) in [6, 6.07) is 7.96. The standard InChI is InChI=1S/C21H18N4O7S/c26-18-6-4-16(19(27)23-18)25-10-12-7-13(1-3-15(12)20(25)28)24-33(30,31)14-2-5-17-11(8-14)9-22-21(29)32-17/h1-3,5,7-8,16,24H,4,6,9-10H2,(H,22,29)(H,23,26,27). The Kier molecular flexibility index (Phi) is 4.81. The number of carbonyl (C=O) groups excluding carboxylic acids is 4. The molecule has 2 aromatic rings. The molecule has 0 radical (unpaired) electrons. The molecule has 3 aliphatic rings. The van der Waals surface area contributed by atoms with E-state index in [0.29, 0.717) is 22.4 Å². The van der Waals surface area contributed by atoms with Gasteiger partial charge in [-0.15, -0.1) is 0 Å². The SMILES string of the molecule is O=C1CCC(N2Cc3cc(NS(=O)(=O)c4ccc5c(c4)CNC(=O)O5)ccc3C2=O)C(=O)N1. The van der Waals surface area contributed by atoms with Gasteiger partial charge in [-0.25, -0.2) is 13.2 Å². The Morgan fingerprint density at radius 3 is 2.64 bits per heavy atom. The highest BCUT2D eigenvalue weighted by molar-refractivity contribution is 7.92. The van der Waals surface area contributed by atoms with Crippen molar-refractivity contribution in [1.29, 1.82) is 0 Å². The van der Waals surface area contributed by atoms with Crippen molar-refractivity contribution in [3.05, 3.63) is 53.1 Å². The highest BCUT2D eigenvalue weighted by Crippen LogP contribution is 2.31. The number of imide groups is 1. The zero-order valence-corrected chi connectivity index (χ0v) is 17.9. The van der Waals surface area contributed by atoms with Gasteiger partial charge in [-0.05, 0) is 48.4 Å². The summed E-state index contributed by atoms with van der Waals surface area (Å²) in [5.41, 5.74) is 1.74. The van der Waals surface area contributed by atoms with Crippen LogP contribution in [0.3, 0.4) is 0 Å². The van der Waals surface area contributed by atoms with Crippen molar-refractivity contribution in [2.75, 3.05) is 4.72 Å². The molecule has 0 aliphatic carbocycles. The van der Waals surface area contributed by atoms with E-state index in [1.807, 2.05) is 0 Å². The maximum Gasteiger partial charge on any atom is 0.412 e. The van der Waals surface area contributed by atoms with Crippen LogP contribution in [0, 0.1) is 0 Å². The van der Waals surface area contributed by atoms with E-state index in [-0.39, 0.29) is 48.3 Å². The molecule has 5 rings (SSSR count). The first kappa shape index (κ1) is 20.9. The third-order valence-electron chi connectivity index (χ3n) is 5.74. The molecular weight excluding hydrogens is 452 g/mol. The maximum atomic E-state index is 12.9. The Morgan fingerprint density at radius 2 is 1.85 bits per heavy atom. The minimum atomic E-state index is -3.96. The Bertz CT molecular complexity index is 1340. The fourth-order valence-corrected chi connectivity index (χ4v) is 5.22. The van der Waals surface area contributed by atoms with Crippen LogP contribution in [0.15, 0.2) is 41.3 Å². The van der Waals surface area contributed by atoms with Gasteiger partial charge in [0.2, 0.25) is 11.8 Å². The zero-order chi connectivity index (χ0) is 23.3. The Morgan fingerprint density at radius 1 is 1.03 bits per heavy atom. The quantitative estimate of drug-likeness (QED) is 0.561. The number of nitrogens with zero attached hydrogens (tertiary/aromatic N) is 1. The van der Waals surface area contributed by atoms with Gasteiger partial charge in [-0.2, -0.15) is 0 Å². The van der Waals surface area contributed by atoms with Gasteiger partial charge in [0, 0.05) is 36.3 Å². The van der Waals surface area contributed by atoms with E-state index in [0.717, 1.165) is 0 Å². The number of rotatable bonds is 4. The summed E-state index contributed by atoms with van der Waals surface area (Å²) in [4.78, 5) is 49.0. The van der Waals surface area contributed by atoms with Crippen LogP contribution in [-0.2, 0) is 32.7 Å². The van der Waals surface area contributed by atoms with Crippen molar-refractivity contribution in [3.63, 3.8) is 0 Å². The highest BCUT2D eigenvalue weighted by Gasteiger charge is 2.39. The van der Waals surface area contributed by atoms with Crippen molar-refractivity contribution in [2.24, 2.45) is 0 Å². The Labute approximate surface area is 188 Å². The van der Waals surface area contributed by atoms with Gasteiger partial charge >= 0.3 is 6.09 Å². The molecule has 1 fully saturated rings. The van der Waals surface area contributed by atoms with Gasteiger partial charge < -0.3 is 15.0 Å². The second kappa shape index (κ2) is 7.59. The molecule has 12 heteroatoms. The summed E-state index contributed by atoms with van der Waals surface area (Å²) < 4.78 is 33.3. The second-order valence-corrected chi connectivity index (χ2v) is 9.57. The Hall–Kier alpha value is -3.93. The summed E-state index contributed by atoms with van der Waals surface area (Å²) in [7, 11) is -3.96. The molecule has 1 unspecified atom stereocenters. The largest absolute Gasteiger partial charge is 0.412 e. The summed E-state index contributed by atoms with van der Waals surface area (Å²) in [6.07, 6.45) is -0.209. The molecule has 3 aliphatic heterocycles. The zero-order valence-electron chi connectivity index (χ0n) is 17.1. The van der Waals surface area contributed by atoms with Gasteiger partial charge in [0.1, 0.15) is 11.8 Å². The molecule has 3 N–H and O–H groups in total. The minimum absolute atomic E-state index is 0.0113. The van der Waals surface area contributed by atoms with Crippen LogP contribution in [0.25, 0.3) is 0 Å². The summed E-state index contributed by atoms with van der Waals surface area (Å²) in [5, 5.41) is 4.72. The van der Waals surface area contributed by atoms with E-state index < -0.39 is 28.1 Å². The number of piperidine rings is 1. The third kappa shape index (κ3) is 3.78. The maximum absolute atomic E-state index is 12.9. The lowest BCUT2D eigenvalue weighted by molar-refractivity contribution is -0.136. The van der Waals surface area contributed by atoms with Crippen molar-refractivity contribution in [1.82, 2.24) is 15.5 Å². The molecule has 4 amide bonds. The average Bonchev–Trinajstić information content (AvgIpc) is 3.08. The number of anilines is 1. The first-order valence-electron chi connectivity index (χ1n) is 10.1. The van der Waals surface area contributed by atoms with Crippen LogP contribution in [-0.4, -0.2) is 43.2 Å². The van der Waals surface area contributed by atoms with Crippen molar-refractivity contribution in [3.8, 4) is 5.75 Å². The van der Waals surface area contributed by atoms with Gasteiger partial charge in [-0.3, -0.25) is 24.4 Å². The number of nitrogens with one attached hydrogen (secondary N) is 3. The van der Waals surface area contributed by atoms with Crippen molar-refractivity contribution in [2.45, 2.75) is 36.9 Å². The molecule has 33 heavy (non-hydrogen) atoms. The number of fused-ring (bicyclic) bond motifs is 2. The highest BCUT2D eigenvalue weighted by atomic mass is 32.2. The molecule has 1 saturated heterocycles. The normalized spacial score (nSPS) is 19.9. The number of hydrogen-bond donors (Lipinski definition) is 3. The molecule has 11 nitrogen and oxygen atoms in total. The van der Waals surface area contributed by atoms with Crippen molar-refractivity contribution >= 4 is 39.5 Å². The summed E-state index contributed by atoms with van der Waals surface area (Å²) >= 11 is 0. The fraction of sp³-hybridized carbons (Fsp3) is 0.238. The lowest BCUT2D eigenvalue weighted by Crippen LogP contribution is -2.52. The molecule has 0 spiro atoms. The first-order chi connectivity index (χ1) is 15.7. The third-order valence-corrected chi connectivity index (χ3v) is 7.12. The molecular formula is C21H18N4O7S. The number of carbonyl (C=O) groups is 4. The lowest BCUT2D eigenvalue weighted by Gasteiger charge is -2.29. The second-order valence-electron chi connectivity index (χ2n) is 7.89. The number of amides is 4. The van der Waals surface area contributed by atoms with Gasteiger partial charge in [-0.1, -0.05) is 0 Å². The number of sulfonamides is 1. The van der Waals surface area contributed by atoms with Gasteiger partial charge in [0.25, 0.3) is 15.9 Å². The van der Waals surface area contributed by atoms with Crippen LogP contribution in [0.4, 0.5) is 10.5 Å². The van der Waals surface area contributed by atoms with Crippen LogP contribution < -0.4 is 20.1 Å². The van der Waals surface area contributed by atoms with E-state index >= 15 is 0 Å². The predicted molar refractivity (Wildman–Crippen MR) is 113 cm³/mol. The van der Waals surface area contributed by atoms with Crippen LogP contribution in [0.2, 0.25) is 0 Å². The van der Waals surface area contributed by atoms with E-state index in [2.05, 4.69) is 15.4 Å². The number of hydrogen-bond acceptors (Lipinski definition) is 7. The molecule has 1 atom stereocenters. The van der Waals surface area contributed by atoms with Crippen LogP contribution >= 0.6 is 0 Å². The topological polar surface area (TPSA) is 151 Å². The Balaban J connectivity index is 1.36. The fourth-order valence-electron chi connectivity index (χ4n) is 4.12. The predicted octanol–water partition coefficient (Wildman–Crippen LogP) is 0.850. The van der Waals surface area contributed by atoms with Crippen molar-refractivity contribution < 1.29 is 32.3 Å². The monoisotopic (exact) mass is 470 g/mol. The van der Waals surface area contributed by atoms with E-state index in [1.54, 1.807) is 6.07 Å². The smallest absolute Gasteiger partial charge is 0.410 e. The van der Waals surface area contributed by atoms with E-state index in [4.69, 9.17) is 4.74 Å². The minimum Gasteiger partial charge on any atom is -0.410 e. The van der Waals surface area contributed by atoms with Gasteiger partial charge in [0.15, 0.2) is 0 Å². The molecule has 0 saturated carbocycles. The lowest BCUT2D eigenvalue weighted by atomic mass is 10.0. The van der Waals surface area contributed by atoms with E-state index in [1.165, 1.54) is 35.2 Å². The average molecular weight is 470 g/mol. The van der Waals surface area contributed by atoms with Gasteiger partial charge in [0.05, 0.1) is 4.90 Å². The molecule has 170 valence electrons. The first-order valence-corrected chi connectivity index (χ1v) is 11.6. The van der Waals surface area contributed by atoms with Crippen LogP contribution in [0.1, 0.15) is 34.3 Å². The summed E-state index contributed by atoms with van der Waals surface area (Å²) in [6.45, 7) is 0.278. The molecule has 3 heterocycles. The summed E-state index contributed by atoms with van der Waals surface area (Å²) in [5.74, 6) is -0.929. The molecule has 0 bridgehead atoms. The molecule has 0 aromatic heterocycles. The number of benzene rings is 2. The number of ether oxygens (including phenoxy) is 1. The molecule has 2 aromatic carbocycles. The van der Waals surface area contributed by atoms with E-state index in [9.17, 15) is 27.6 Å².